The number of ether oxygens (including phenoxy) is 1. The van der Waals surface area contributed by atoms with Gasteiger partial charge in [0.15, 0.2) is 5.69 Å². The zero-order chi connectivity index (χ0) is 28.3. The van der Waals surface area contributed by atoms with E-state index >= 15 is 0 Å². The van der Waals surface area contributed by atoms with Crippen molar-refractivity contribution in [3.05, 3.63) is 23.0 Å². The number of carbonyl (C=O) groups is 1. The molecule has 2 aromatic rings. The first-order chi connectivity index (χ1) is 17.8. The van der Waals surface area contributed by atoms with Gasteiger partial charge in [-0.05, 0) is 44.9 Å². The molecule has 0 aliphatic heterocycles. The number of hydrogen-bond donors (Lipinski definition) is 3. The Morgan fingerprint density at radius 3 is 2.53 bits per heavy atom. The fourth-order valence-corrected chi connectivity index (χ4v) is 4.68. The van der Waals surface area contributed by atoms with Crippen LogP contribution in [0.1, 0.15) is 63.4 Å². The summed E-state index contributed by atoms with van der Waals surface area (Å²) in [5.74, 6) is -1.01. The van der Waals surface area contributed by atoms with Crippen LogP contribution in [0.15, 0.2) is 12.3 Å². The number of halogens is 6. The molecule has 1 fully saturated rings. The first kappa shape index (κ1) is 29.9. The number of aromatic nitrogens is 3. The molecule has 3 rings (SSSR count). The number of carbonyl (C=O) groups excluding carboxylic acids is 1. The molecule has 0 aromatic carbocycles. The average Bonchev–Trinajstić information content (AvgIpc) is 3.18. The monoisotopic (exact) mass is 567 g/mol. The van der Waals surface area contributed by atoms with E-state index in [1.165, 1.54) is 11.6 Å². The van der Waals surface area contributed by atoms with Gasteiger partial charge in [0.2, 0.25) is 0 Å². The maximum Gasteiger partial charge on any atom is 0.408 e. The third-order valence-electron chi connectivity index (χ3n) is 6.65. The van der Waals surface area contributed by atoms with Crippen LogP contribution in [0.2, 0.25) is 5.02 Å². The highest BCUT2D eigenvalue weighted by molar-refractivity contribution is 6.36. The zero-order valence-electron chi connectivity index (χ0n) is 21.2. The standard InChI is InChI=1S/C24H31ClF5N5O3/c1-4-16(24(28,29)30)33-17-10-15(38-22(26)27)14(11-31-17)20-18(25)19(34-35(20)5-2)21(36)32-12-23(37)8-6-13(3)7-9-23/h10-11,13,16,22,37H,4-9,12H2,1-3H3,(H,31,33)(H,32,36)/t13?,16-,23?/m1/s1. The summed E-state index contributed by atoms with van der Waals surface area (Å²) in [6.45, 7) is 1.95. The summed E-state index contributed by atoms with van der Waals surface area (Å²) in [6, 6.07) is -1.04. The molecule has 8 nitrogen and oxygen atoms in total. The van der Waals surface area contributed by atoms with Crippen LogP contribution in [0.3, 0.4) is 0 Å². The molecule has 212 valence electrons. The van der Waals surface area contributed by atoms with E-state index in [1.54, 1.807) is 6.92 Å². The Hall–Kier alpha value is -2.67. The minimum Gasteiger partial charge on any atom is -0.434 e. The topological polar surface area (TPSA) is 101 Å². The third-order valence-corrected chi connectivity index (χ3v) is 7.01. The van der Waals surface area contributed by atoms with Crippen molar-refractivity contribution in [1.82, 2.24) is 20.1 Å². The molecular weight excluding hydrogens is 537 g/mol. The molecule has 38 heavy (non-hydrogen) atoms. The average molecular weight is 568 g/mol. The number of aliphatic hydroxyl groups is 1. The van der Waals surface area contributed by atoms with Crippen molar-refractivity contribution in [2.45, 2.75) is 83.9 Å². The van der Waals surface area contributed by atoms with Crippen molar-refractivity contribution >= 4 is 23.3 Å². The van der Waals surface area contributed by atoms with Crippen LogP contribution in [-0.2, 0) is 6.54 Å². The maximum absolute atomic E-state index is 13.2. The Kier molecular flexibility index (Phi) is 9.45. The minimum atomic E-state index is -4.59. The van der Waals surface area contributed by atoms with E-state index < -0.39 is 36.1 Å². The van der Waals surface area contributed by atoms with E-state index in [0.29, 0.717) is 18.8 Å². The number of anilines is 1. The number of rotatable bonds is 10. The first-order valence-electron chi connectivity index (χ1n) is 12.3. The largest absolute Gasteiger partial charge is 0.434 e. The molecule has 1 amide bonds. The third kappa shape index (κ3) is 7.04. The fourth-order valence-electron chi connectivity index (χ4n) is 4.36. The van der Waals surface area contributed by atoms with E-state index in [1.807, 2.05) is 0 Å². The quantitative estimate of drug-likeness (QED) is 0.321. The Labute approximate surface area is 221 Å². The van der Waals surface area contributed by atoms with Crippen LogP contribution < -0.4 is 15.4 Å². The lowest BCUT2D eigenvalue weighted by Crippen LogP contribution is -2.45. The molecule has 2 aromatic heterocycles. The highest BCUT2D eigenvalue weighted by Crippen LogP contribution is 2.39. The van der Waals surface area contributed by atoms with Crippen molar-refractivity contribution < 1.29 is 36.6 Å². The van der Waals surface area contributed by atoms with Gasteiger partial charge in [-0.25, -0.2) is 4.98 Å². The van der Waals surface area contributed by atoms with Gasteiger partial charge >= 0.3 is 12.8 Å². The predicted molar refractivity (Wildman–Crippen MR) is 131 cm³/mol. The number of nitrogens with one attached hydrogen (secondary N) is 2. The SMILES string of the molecule is CC[C@@H](Nc1cc(OC(F)F)c(-c2c(Cl)c(C(=O)NCC3(O)CCC(C)CC3)nn2CC)cn1)C(F)(F)F. The first-order valence-corrected chi connectivity index (χ1v) is 12.7. The molecule has 1 aliphatic rings. The highest BCUT2D eigenvalue weighted by atomic mass is 35.5. The van der Waals surface area contributed by atoms with Crippen molar-refractivity contribution in [1.29, 1.82) is 0 Å². The zero-order valence-corrected chi connectivity index (χ0v) is 22.0. The van der Waals surface area contributed by atoms with Gasteiger partial charge in [0.05, 0.1) is 21.9 Å². The second-order valence-electron chi connectivity index (χ2n) is 9.51. The van der Waals surface area contributed by atoms with Gasteiger partial charge in [0, 0.05) is 25.4 Å². The molecule has 1 saturated carbocycles. The lowest BCUT2D eigenvalue weighted by molar-refractivity contribution is -0.142. The molecule has 1 atom stereocenters. The summed E-state index contributed by atoms with van der Waals surface area (Å²) in [5.41, 5.74) is -1.32. The van der Waals surface area contributed by atoms with Gasteiger partial charge < -0.3 is 20.5 Å². The van der Waals surface area contributed by atoms with Crippen LogP contribution in [0.5, 0.6) is 5.75 Å². The highest BCUT2D eigenvalue weighted by Gasteiger charge is 2.39. The second kappa shape index (κ2) is 12.0. The molecule has 0 radical (unpaired) electrons. The summed E-state index contributed by atoms with van der Waals surface area (Å²) in [6.07, 6.45) is -1.16. The lowest BCUT2D eigenvalue weighted by Gasteiger charge is -2.34. The van der Waals surface area contributed by atoms with Crippen LogP contribution in [-0.4, -0.2) is 56.8 Å². The van der Waals surface area contributed by atoms with E-state index in [4.69, 9.17) is 11.6 Å². The number of pyridine rings is 1. The predicted octanol–water partition coefficient (Wildman–Crippen LogP) is 5.64. The number of hydrogen-bond acceptors (Lipinski definition) is 6. The van der Waals surface area contributed by atoms with E-state index in [-0.39, 0.29) is 47.3 Å². The van der Waals surface area contributed by atoms with Gasteiger partial charge in [-0.1, -0.05) is 25.4 Å². The second-order valence-corrected chi connectivity index (χ2v) is 9.89. The Balaban J connectivity index is 1.92. The van der Waals surface area contributed by atoms with Crippen molar-refractivity contribution in [2.75, 3.05) is 11.9 Å². The molecule has 0 saturated heterocycles. The minimum absolute atomic E-state index is 0.0112. The smallest absolute Gasteiger partial charge is 0.408 e. The molecule has 1 aliphatic carbocycles. The maximum atomic E-state index is 13.2. The normalized spacial score (nSPS) is 20.9. The Morgan fingerprint density at radius 2 is 1.97 bits per heavy atom. The number of nitrogens with zero attached hydrogens (tertiary/aromatic N) is 3. The van der Waals surface area contributed by atoms with Crippen LogP contribution in [0.25, 0.3) is 11.3 Å². The van der Waals surface area contributed by atoms with E-state index in [9.17, 15) is 31.9 Å². The van der Waals surface area contributed by atoms with Crippen LogP contribution in [0.4, 0.5) is 27.8 Å². The van der Waals surface area contributed by atoms with Crippen molar-refractivity contribution in [2.24, 2.45) is 5.92 Å². The molecule has 3 N–H and O–H groups in total. The molecule has 14 heteroatoms. The summed E-state index contributed by atoms with van der Waals surface area (Å²) in [5, 5.41) is 19.6. The van der Waals surface area contributed by atoms with Gasteiger partial charge in [-0.15, -0.1) is 0 Å². The number of alkyl halides is 5. The lowest BCUT2D eigenvalue weighted by atomic mass is 9.79. The Bertz CT molecular complexity index is 1120. The van der Waals surface area contributed by atoms with Crippen molar-refractivity contribution in [3.63, 3.8) is 0 Å². The summed E-state index contributed by atoms with van der Waals surface area (Å²) in [7, 11) is 0. The summed E-state index contributed by atoms with van der Waals surface area (Å²) < 4.78 is 71.9. The van der Waals surface area contributed by atoms with Gasteiger partial charge in [0.1, 0.15) is 17.6 Å². The molecule has 0 bridgehead atoms. The van der Waals surface area contributed by atoms with Crippen molar-refractivity contribution in [3.8, 4) is 17.0 Å². The van der Waals surface area contributed by atoms with E-state index in [2.05, 4.69) is 32.4 Å². The van der Waals surface area contributed by atoms with Gasteiger partial charge in [-0.3, -0.25) is 9.48 Å². The molecular formula is C24H31ClF5N5O3. The molecule has 0 unspecified atom stereocenters. The summed E-state index contributed by atoms with van der Waals surface area (Å²) >= 11 is 6.49. The van der Waals surface area contributed by atoms with E-state index in [0.717, 1.165) is 25.1 Å². The number of aryl methyl sites for hydroxylation is 1. The van der Waals surface area contributed by atoms with Gasteiger partial charge in [0.25, 0.3) is 5.91 Å². The van der Waals surface area contributed by atoms with Crippen LogP contribution in [0, 0.1) is 5.92 Å². The molecule has 0 spiro atoms. The molecule has 2 heterocycles. The summed E-state index contributed by atoms with van der Waals surface area (Å²) in [4.78, 5) is 16.9. The van der Waals surface area contributed by atoms with Gasteiger partial charge in [-0.2, -0.15) is 27.1 Å². The Morgan fingerprint density at radius 1 is 1.32 bits per heavy atom. The van der Waals surface area contributed by atoms with Crippen LogP contribution >= 0.6 is 11.6 Å². The fraction of sp³-hybridized carbons (Fsp3) is 0.625. The number of amides is 1.